The van der Waals surface area contributed by atoms with E-state index in [9.17, 15) is 0 Å². The minimum atomic E-state index is 0.860. The van der Waals surface area contributed by atoms with E-state index in [1.165, 1.54) is 64.5 Å². The molecular formula is C15H32N2. The third-order valence-corrected chi connectivity index (χ3v) is 4.46. The first-order valence-electron chi connectivity index (χ1n) is 7.75. The van der Waals surface area contributed by atoms with Crippen LogP contribution in [0.25, 0.3) is 0 Å². The Morgan fingerprint density at radius 1 is 1.18 bits per heavy atom. The van der Waals surface area contributed by atoms with Crippen molar-refractivity contribution in [3.63, 3.8) is 0 Å². The zero-order valence-electron chi connectivity index (χ0n) is 12.0. The summed E-state index contributed by atoms with van der Waals surface area (Å²) in [5, 5.41) is 0. The molecule has 2 N–H and O–H groups in total. The molecule has 1 unspecified atom stereocenters. The molecule has 0 amide bonds. The van der Waals surface area contributed by atoms with E-state index >= 15 is 0 Å². The summed E-state index contributed by atoms with van der Waals surface area (Å²) in [5.41, 5.74) is 5.65. The first kappa shape index (κ1) is 15.0. The Morgan fingerprint density at radius 3 is 2.41 bits per heavy atom. The van der Waals surface area contributed by atoms with Crippen molar-refractivity contribution >= 4 is 0 Å². The van der Waals surface area contributed by atoms with Crippen LogP contribution < -0.4 is 5.73 Å². The van der Waals surface area contributed by atoms with E-state index in [0.29, 0.717) is 0 Å². The molecule has 0 aromatic carbocycles. The molecule has 0 aliphatic heterocycles. The van der Waals surface area contributed by atoms with Crippen molar-refractivity contribution in [2.75, 3.05) is 19.6 Å². The van der Waals surface area contributed by atoms with E-state index in [1.54, 1.807) is 0 Å². The summed E-state index contributed by atoms with van der Waals surface area (Å²) >= 11 is 0. The van der Waals surface area contributed by atoms with Crippen LogP contribution >= 0.6 is 0 Å². The van der Waals surface area contributed by atoms with Crippen molar-refractivity contribution in [1.29, 1.82) is 0 Å². The Kier molecular flexibility index (Phi) is 7.87. The molecule has 0 aromatic rings. The molecule has 1 rings (SSSR count). The summed E-state index contributed by atoms with van der Waals surface area (Å²) < 4.78 is 0. The van der Waals surface area contributed by atoms with Gasteiger partial charge in [-0.25, -0.2) is 0 Å². The minimum absolute atomic E-state index is 0.860. The van der Waals surface area contributed by atoms with Gasteiger partial charge in [0.2, 0.25) is 0 Å². The standard InChI is InChI=1S/C15H32N2/c1-3-14(11-12-16)8-7-13-17(4-2)15-9-5-6-10-15/h14-15H,3-13,16H2,1-2H3. The maximum absolute atomic E-state index is 5.65. The van der Waals surface area contributed by atoms with E-state index in [-0.39, 0.29) is 0 Å². The van der Waals surface area contributed by atoms with Crippen LogP contribution in [0.2, 0.25) is 0 Å². The fraction of sp³-hybridized carbons (Fsp3) is 1.00. The van der Waals surface area contributed by atoms with Gasteiger partial charge < -0.3 is 10.6 Å². The van der Waals surface area contributed by atoms with E-state index in [4.69, 9.17) is 5.73 Å². The number of nitrogens with zero attached hydrogens (tertiary/aromatic N) is 1. The molecule has 1 aliphatic carbocycles. The fourth-order valence-electron chi connectivity index (χ4n) is 3.24. The van der Waals surface area contributed by atoms with Crippen molar-refractivity contribution in [2.45, 2.75) is 71.3 Å². The first-order valence-corrected chi connectivity index (χ1v) is 7.75. The van der Waals surface area contributed by atoms with Crippen LogP contribution in [0.4, 0.5) is 0 Å². The second-order valence-electron chi connectivity index (χ2n) is 5.56. The highest BCUT2D eigenvalue weighted by atomic mass is 15.1. The van der Waals surface area contributed by atoms with Crippen LogP contribution in [0.1, 0.15) is 65.2 Å². The third kappa shape index (κ3) is 5.39. The number of hydrogen-bond acceptors (Lipinski definition) is 2. The molecule has 0 bridgehead atoms. The highest BCUT2D eigenvalue weighted by Gasteiger charge is 2.20. The van der Waals surface area contributed by atoms with Crippen LogP contribution in [-0.2, 0) is 0 Å². The molecule has 1 saturated carbocycles. The smallest absolute Gasteiger partial charge is 0.00951 e. The number of hydrogen-bond donors (Lipinski definition) is 1. The molecule has 1 atom stereocenters. The Morgan fingerprint density at radius 2 is 1.88 bits per heavy atom. The van der Waals surface area contributed by atoms with E-state index in [1.807, 2.05) is 0 Å². The fourth-order valence-corrected chi connectivity index (χ4v) is 3.24. The van der Waals surface area contributed by atoms with E-state index in [2.05, 4.69) is 18.7 Å². The molecule has 0 heterocycles. The maximum Gasteiger partial charge on any atom is 0.00951 e. The molecule has 1 aliphatic rings. The predicted octanol–water partition coefficient (Wildman–Crippen LogP) is 3.41. The van der Waals surface area contributed by atoms with Crippen LogP contribution in [-0.4, -0.2) is 30.6 Å². The summed E-state index contributed by atoms with van der Waals surface area (Å²) in [6.07, 6.45) is 11.0. The summed E-state index contributed by atoms with van der Waals surface area (Å²) in [6, 6.07) is 0.898. The molecule has 0 radical (unpaired) electrons. The summed E-state index contributed by atoms with van der Waals surface area (Å²) in [4.78, 5) is 2.71. The normalized spacial score (nSPS) is 19.1. The molecule has 1 fully saturated rings. The lowest BCUT2D eigenvalue weighted by Gasteiger charge is -2.28. The van der Waals surface area contributed by atoms with Gasteiger partial charge in [-0.05, 0) is 57.7 Å². The second kappa shape index (κ2) is 8.93. The van der Waals surface area contributed by atoms with Gasteiger partial charge in [-0.3, -0.25) is 0 Å². The molecular weight excluding hydrogens is 208 g/mol. The Balaban J connectivity index is 2.17. The lowest BCUT2D eigenvalue weighted by Crippen LogP contribution is -2.34. The zero-order valence-corrected chi connectivity index (χ0v) is 12.0. The molecule has 0 aromatic heterocycles. The molecule has 17 heavy (non-hydrogen) atoms. The topological polar surface area (TPSA) is 29.3 Å². The van der Waals surface area contributed by atoms with Crippen LogP contribution in [0.15, 0.2) is 0 Å². The van der Waals surface area contributed by atoms with Gasteiger partial charge in [0.05, 0.1) is 0 Å². The van der Waals surface area contributed by atoms with E-state index < -0.39 is 0 Å². The highest BCUT2D eigenvalue weighted by Crippen LogP contribution is 2.24. The van der Waals surface area contributed by atoms with E-state index in [0.717, 1.165) is 18.5 Å². The van der Waals surface area contributed by atoms with Crippen molar-refractivity contribution in [2.24, 2.45) is 11.7 Å². The molecule has 0 saturated heterocycles. The monoisotopic (exact) mass is 240 g/mol. The first-order chi connectivity index (χ1) is 8.31. The van der Waals surface area contributed by atoms with Gasteiger partial charge in [-0.2, -0.15) is 0 Å². The van der Waals surface area contributed by atoms with Crippen LogP contribution in [0.5, 0.6) is 0 Å². The van der Waals surface area contributed by atoms with Gasteiger partial charge in [0.15, 0.2) is 0 Å². The lowest BCUT2D eigenvalue weighted by molar-refractivity contribution is 0.199. The minimum Gasteiger partial charge on any atom is -0.330 e. The summed E-state index contributed by atoms with van der Waals surface area (Å²) in [6.45, 7) is 8.02. The SMILES string of the molecule is CCC(CCN)CCCN(CC)C1CCCC1. The average molecular weight is 240 g/mol. The largest absolute Gasteiger partial charge is 0.330 e. The van der Waals surface area contributed by atoms with Crippen LogP contribution in [0, 0.1) is 5.92 Å². The second-order valence-corrected chi connectivity index (χ2v) is 5.56. The van der Waals surface area contributed by atoms with Crippen molar-refractivity contribution < 1.29 is 0 Å². The summed E-state index contributed by atoms with van der Waals surface area (Å²) in [5.74, 6) is 0.863. The quantitative estimate of drug-likeness (QED) is 0.669. The zero-order chi connectivity index (χ0) is 12.5. The van der Waals surface area contributed by atoms with Crippen LogP contribution in [0.3, 0.4) is 0 Å². The number of rotatable bonds is 9. The van der Waals surface area contributed by atoms with Crippen molar-refractivity contribution in [3.05, 3.63) is 0 Å². The summed E-state index contributed by atoms with van der Waals surface area (Å²) in [7, 11) is 0. The third-order valence-electron chi connectivity index (χ3n) is 4.46. The van der Waals surface area contributed by atoms with Gasteiger partial charge in [0.25, 0.3) is 0 Å². The Hall–Kier alpha value is -0.0800. The van der Waals surface area contributed by atoms with Gasteiger partial charge in [-0.15, -0.1) is 0 Å². The van der Waals surface area contributed by atoms with Gasteiger partial charge in [0.1, 0.15) is 0 Å². The number of nitrogens with two attached hydrogens (primary N) is 1. The molecule has 0 spiro atoms. The Labute approximate surface area is 108 Å². The molecule has 2 nitrogen and oxygen atoms in total. The van der Waals surface area contributed by atoms with Gasteiger partial charge >= 0.3 is 0 Å². The molecule has 102 valence electrons. The van der Waals surface area contributed by atoms with Gasteiger partial charge in [-0.1, -0.05) is 33.1 Å². The van der Waals surface area contributed by atoms with Crippen molar-refractivity contribution in [3.8, 4) is 0 Å². The molecule has 2 heteroatoms. The lowest BCUT2D eigenvalue weighted by atomic mass is 9.96. The average Bonchev–Trinajstić information content (AvgIpc) is 2.87. The highest BCUT2D eigenvalue weighted by molar-refractivity contribution is 4.76. The Bertz CT molecular complexity index is 176. The van der Waals surface area contributed by atoms with Crippen molar-refractivity contribution in [1.82, 2.24) is 4.90 Å². The van der Waals surface area contributed by atoms with Gasteiger partial charge in [0, 0.05) is 6.04 Å². The predicted molar refractivity (Wildman–Crippen MR) is 76.2 cm³/mol. The maximum atomic E-state index is 5.65.